The zero-order chi connectivity index (χ0) is 16.8. The van der Waals surface area contributed by atoms with E-state index in [4.69, 9.17) is 12.2 Å². The van der Waals surface area contributed by atoms with E-state index < -0.39 is 0 Å². The van der Waals surface area contributed by atoms with Crippen LogP contribution in [0.1, 0.15) is 38.2 Å². The maximum atomic E-state index is 11.9. The summed E-state index contributed by atoms with van der Waals surface area (Å²) in [4.78, 5) is 25.5. The van der Waals surface area contributed by atoms with Crippen LogP contribution in [0, 0.1) is 6.92 Å². The molecule has 0 saturated carbocycles. The molecule has 124 valence electrons. The van der Waals surface area contributed by atoms with Gasteiger partial charge in [-0.3, -0.25) is 14.5 Å². The minimum atomic E-state index is -0.0531. The van der Waals surface area contributed by atoms with Gasteiger partial charge in [0.15, 0.2) is 0 Å². The molecule has 1 aromatic rings. The molecule has 1 heterocycles. The van der Waals surface area contributed by atoms with Gasteiger partial charge in [0, 0.05) is 18.7 Å². The lowest BCUT2D eigenvalue weighted by molar-refractivity contribution is -0.125. The molecular weight excluding hydrogens is 328 g/mol. The molecule has 0 aliphatic carbocycles. The fraction of sp³-hybridized carbons (Fsp3) is 0.471. The summed E-state index contributed by atoms with van der Waals surface area (Å²) in [5, 5.41) is 2.85. The first-order valence-corrected chi connectivity index (χ1v) is 9.14. The Labute approximate surface area is 147 Å². The smallest absolute Gasteiger partial charge is 0.241 e. The Hall–Kier alpha value is -1.40. The Balaban J connectivity index is 1.63. The SMILES string of the molecule is Cc1cccc(NC(=O)CCCCCN2C(=O)C(C)SC2=S)c1. The van der Waals surface area contributed by atoms with Gasteiger partial charge < -0.3 is 5.32 Å². The molecule has 23 heavy (non-hydrogen) atoms. The monoisotopic (exact) mass is 350 g/mol. The highest BCUT2D eigenvalue weighted by atomic mass is 32.2. The van der Waals surface area contributed by atoms with Gasteiger partial charge in [-0.2, -0.15) is 0 Å². The maximum Gasteiger partial charge on any atom is 0.241 e. The summed E-state index contributed by atoms with van der Waals surface area (Å²) in [5.41, 5.74) is 1.97. The van der Waals surface area contributed by atoms with Gasteiger partial charge in [0.1, 0.15) is 4.32 Å². The normalized spacial score (nSPS) is 17.7. The average molecular weight is 351 g/mol. The van der Waals surface area contributed by atoms with Crippen LogP contribution in [0.15, 0.2) is 24.3 Å². The molecule has 1 N–H and O–H groups in total. The maximum absolute atomic E-state index is 11.9. The molecule has 0 bridgehead atoms. The largest absolute Gasteiger partial charge is 0.326 e. The van der Waals surface area contributed by atoms with Crippen LogP contribution in [0.3, 0.4) is 0 Å². The lowest BCUT2D eigenvalue weighted by Gasteiger charge is -2.14. The fourth-order valence-corrected chi connectivity index (χ4v) is 3.91. The van der Waals surface area contributed by atoms with Crippen LogP contribution in [0.2, 0.25) is 0 Å². The van der Waals surface area contributed by atoms with Crippen molar-refractivity contribution in [2.24, 2.45) is 0 Å². The first-order chi connectivity index (χ1) is 11.0. The van der Waals surface area contributed by atoms with Crippen LogP contribution in [0.4, 0.5) is 5.69 Å². The van der Waals surface area contributed by atoms with Gasteiger partial charge in [-0.05, 0) is 44.4 Å². The summed E-state index contributed by atoms with van der Waals surface area (Å²) >= 11 is 6.65. The van der Waals surface area contributed by atoms with E-state index in [2.05, 4.69) is 5.32 Å². The number of nitrogens with one attached hydrogen (secondary N) is 1. The van der Waals surface area contributed by atoms with E-state index in [0.29, 0.717) is 17.3 Å². The molecule has 0 spiro atoms. The molecule has 1 aromatic carbocycles. The lowest BCUT2D eigenvalue weighted by Crippen LogP contribution is -2.31. The van der Waals surface area contributed by atoms with E-state index in [-0.39, 0.29) is 17.1 Å². The highest BCUT2D eigenvalue weighted by Gasteiger charge is 2.32. The predicted octanol–water partition coefficient (Wildman–Crippen LogP) is 3.74. The van der Waals surface area contributed by atoms with E-state index in [9.17, 15) is 9.59 Å². The Morgan fingerprint density at radius 2 is 2.13 bits per heavy atom. The Morgan fingerprint density at radius 1 is 1.35 bits per heavy atom. The molecular formula is C17H22N2O2S2. The molecule has 0 radical (unpaired) electrons. The van der Waals surface area contributed by atoms with Crippen LogP contribution < -0.4 is 5.32 Å². The second kappa shape index (κ2) is 8.45. The number of anilines is 1. The number of aryl methyl sites for hydroxylation is 1. The third kappa shape index (κ3) is 5.32. The van der Waals surface area contributed by atoms with Crippen molar-refractivity contribution in [1.29, 1.82) is 0 Å². The van der Waals surface area contributed by atoms with Crippen LogP contribution in [-0.2, 0) is 9.59 Å². The topological polar surface area (TPSA) is 49.4 Å². The summed E-state index contributed by atoms with van der Waals surface area (Å²) in [6.07, 6.45) is 3.09. The number of carbonyl (C=O) groups is 2. The quantitative estimate of drug-likeness (QED) is 0.601. The zero-order valence-corrected chi connectivity index (χ0v) is 15.1. The van der Waals surface area contributed by atoms with E-state index in [1.807, 2.05) is 38.1 Å². The minimum Gasteiger partial charge on any atom is -0.326 e. The first kappa shape index (κ1) is 17.9. The van der Waals surface area contributed by atoms with Gasteiger partial charge in [0.2, 0.25) is 11.8 Å². The number of carbonyl (C=O) groups excluding carboxylic acids is 2. The highest BCUT2D eigenvalue weighted by Crippen LogP contribution is 2.27. The van der Waals surface area contributed by atoms with Crippen LogP contribution in [0.5, 0.6) is 0 Å². The van der Waals surface area contributed by atoms with E-state index in [1.165, 1.54) is 11.8 Å². The van der Waals surface area contributed by atoms with Crippen LogP contribution in [-0.4, -0.2) is 32.8 Å². The van der Waals surface area contributed by atoms with E-state index in [1.54, 1.807) is 4.90 Å². The Kier molecular flexibility index (Phi) is 6.59. The van der Waals surface area contributed by atoms with E-state index in [0.717, 1.165) is 30.5 Å². The van der Waals surface area contributed by atoms with E-state index >= 15 is 0 Å². The van der Waals surface area contributed by atoms with Crippen LogP contribution in [0.25, 0.3) is 0 Å². The molecule has 0 aromatic heterocycles. The minimum absolute atomic E-state index is 0.0348. The third-order valence-corrected chi connectivity index (χ3v) is 5.19. The number of nitrogens with zero attached hydrogens (tertiary/aromatic N) is 1. The first-order valence-electron chi connectivity index (χ1n) is 7.86. The molecule has 1 fully saturated rings. The number of amides is 2. The molecule has 6 heteroatoms. The van der Waals surface area contributed by atoms with Gasteiger partial charge in [-0.25, -0.2) is 0 Å². The number of thioether (sulfide) groups is 1. The predicted molar refractivity (Wildman–Crippen MR) is 99.6 cm³/mol. The van der Waals surface area contributed by atoms with Gasteiger partial charge in [-0.15, -0.1) is 0 Å². The van der Waals surface area contributed by atoms with Crippen LogP contribution >= 0.6 is 24.0 Å². The van der Waals surface area contributed by atoms with Gasteiger partial charge in [0.25, 0.3) is 0 Å². The Morgan fingerprint density at radius 3 is 2.78 bits per heavy atom. The molecule has 1 aliphatic rings. The molecule has 2 rings (SSSR count). The standard InChI is InChI=1S/C17H22N2O2S2/c1-12-7-6-8-14(11-12)18-15(20)9-4-3-5-10-19-16(21)13(2)23-17(19)22/h6-8,11,13H,3-5,9-10H2,1-2H3,(H,18,20). The highest BCUT2D eigenvalue weighted by molar-refractivity contribution is 8.24. The van der Waals surface area contributed by atoms with Crippen molar-refractivity contribution >= 4 is 45.8 Å². The number of rotatable bonds is 7. The van der Waals surface area contributed by atoms with Crippen molar-refractivity contribution in [3.63, 3.8) is 0 Å². The van der Waals surface area contributed by atoms with Crippen molar-refractivity contribution in [2.75, 3.05) is 11.9 Å². The molecule has 4 nitrogen and oxygen atoms in total. The summed E-state index contributed by atoms with van der Waals surface area (Å²) in [5.74, 6) is 0.143. The molecule has 2 amide bonds. The van der Waals surface area contributed by atoms with Gasteiger partial charge in [0.05, 0.1) is 5.25 Å². The van der Waals surface area contributed by atoms with Crippen molar-refractivity contribution in [1.82, 2.24) is 4.90 Å². The lowest BCUT2D eigenvalue weighted by atomic mass is 10.1. The second-order valence-electron chi connectivity index (χ2n) is 5.74. The van der Waals surface area contributed by atoms with Crippen molar-refractivity contribution < 1.29 is 9.59 Å². The summed E-state index contributed by atoms with van der Waals surface area (Å²) in [6, 6.07) is 7.78. The number of unbranched alkanes of at least 4 members (excludes halogenated alkanes) is 2. The fourth-order valence-electron chi connectivity index (χ4n) is 2.45. The van der Waals surface area contributed by atoms with Crippen molar-refractivity contribution in [3.05, 3.63) is 29.8 Å². The second-order valence-corrected chi connectivity index (χ2v) is 7.72. The molecule has 1 saturated heterocycles. The number of hydrogen-bond acceptors (Lipinski definition) is 4. The average Bonchev–Trinajstić information content (AvgIpc) is 2.73. The number of thiocarbonyl (C=S) groups is 1. The number of benzene rings is 1. The van der Waals surface area contributed by atoms with Crippen molar-refractivity contribution in [2.45, 2.75) is 44.8 Å². The third-order valence-electron chi connectivity index (χ3n) is 3.70. The molecule has 1 atom stereocenters. The molecule has 1 unspecified atom stereocenters. The molecule has 1 aliphatic heterocycles. The van der Waals surface area contributed by atoms with Crippen molar-refractivity contribution in [3.8, 4) is 0 Å². The Bertz CT molecular complexity index is 604. The van der Waals surface area contributed by atoms with Gasteiger partial charge in [-0.1, -0.05) is 42.5 Å². The zero-order valence-electron chi connectivity index (χ0n) is 13.5. The van der Waals surface area contributed by atoms with Gasteiger partial charge >= 0.3 is 0 Å². The number of hydrogen-bond donors (Lipinski definition) is 1. The summed E-state index contributed by atoms with van der Waals surface area (Å²) in [7, 11) is 0. The summed E-state index contributed by atoms with van der Waals surface area (Å²) in [6.45, 7) is 4.54. The summed E-state index contributed by atoms with van der Waals surface area (Å²) < 4.78 is 0.680.